The second kappa shape index (κ2) is 8.06. The number of cyclic esters (lactones) is 1. The molecule has 9 heteroatoms. The molecule has 0 saturated carbocycles. The van der Waals surface area contributed by atoms with Crippen molar-refractivity contribution in [3.63, 3.8) is 0 Å². The third kappa shape index (κ3) is 2.94. The average Bonchev–Trinajstić information content (AvgIpc) is 3.22. The molecule has 0 aromatic heterocycles. The summed E-state index contributed by atoms with van der Waals surface area (Å²) in [6.45, 7) is -0.243. The van der Waals surface area contributed by atoms with Crippen molar-refractivity contribution in [1.29, 1.82) is 0 Å². The normalized spacial score (nSPS) is 25.2. The molecule has 0 aliphatic carbocycles. The van der Waals surface area contributed by atoms with Crippen LogP contribution in [0.15, 0.2) is 72.8 Å². The molecule has 36 heavy (non-hydrogen) atoms. The van der Waals surface area contributed by atoms with Gasteiger partial charge in [-0.2, -0.15) is 0 Å². The van der Waals surface area contributed by atoms with E-state index in [-0.39, 0.29) is 24.6 Å². The molecule has 3 aromatic rings. The van der Waals surface area contributed by atoms with Gasteiger partial charge in [0.1, 0.15) is 30.5 Å². The number of ether oxygens (including phenoxy) is 1. The number of hydrogen-bond donors (Lipinski definition) is 0. The topological polar surface area (TPSA) is 70.2 Å². The summed E-state index contributed by atoms with van der Waals surface area (Å²) in [5.41, 5.74) is 0.402. The number of carbonyl (C=O) groups excluding carboxylic acids is 3. The fourth-order valence-corrected chi connectivity index (χ4v) is 5.91. The number of anilines is 1. The molecule has 0 radical (unpaired) electrons. The first-order valence-electron chi connectivity index (χ1n) is 11.5. The van der Waals surface area contributed by atoms with Gasteiger partial charge in [0.15, 0.2) is 0 Å². The van der Waals surface area contributed by atoms with Crippen LogP contribution in [0.4, 0.5) is 14.9 Å². The number of hydrogen-bond acceptors (Lipinski definition) is 4. The Balaban J connectivity index is 1.65. The molecule has 3 aromatic carbocycles. The van der Waals surface area contributed by atoms with E-state index in [1.54, 1.807) is 43.4 Å². The number of carbonyl (C=O) groups is 3. The lowest BCUT2D eigenvalue weighted by Crippen LogP contribution is -2.78. The van der Waals surface area contributed by atoms with Crippen LogP contribution in [0.3, 0.4) is 0 Å². The van der Waals surface area contributed by atoms with Gasteiger partial charge in [0, 0.05) is 28.9 Å². The summed E-state index contributed by atoms with van der Waals surface area (Å²) in [4.78, 5) is 44.4. The molecule has 3 amide bonds. The average molecular weight is 506 g/mol. The zero-order chi connectivity index (χ0) is 25.2. The van der Waals surface area contributed by atoms with Crippen molar-refractivity contribution < 1.29 is 23.5 Å². The van der Waals surface area contributed by atoms with E-state index in [0.717, 1.165) is 5.56 Å². The highest BCUT2D eigenvalue weighted by Crippen LogP contribution is 2.56. The molecule has 2 fully saturated rings. The molecule has 0 bridgehead atoms. The smallest absolute Gasteiger partial charge is 0.411 e. The Morgan fingerprint density at radius 1 is 0.972 bits per heavy atom. The standard InChI is InChI=1S/C27H21ClFN3O4/c1-30-21-12-11-17(28)13-19(21)27(18-9-5-6-10-20(18)29)24(25(34)31(27)14-23(30)33)32-22(15-36-26(32)35)16-7-3-2-4-8-16/h2-13,22,24H,14-15H2,1H3/t22-,24-,27+/m1/s1. The minimum atomic E-state index is -1.50. The van der Waals surface area contributed by atoms with Gasteiger partial charge in [-0.3, -0.25) is 14.5 Å². The Labute approximate surface area is 211 Å². The highest BCUT2D eigenvalue weighted by Gasteiger charge is 2.69. The predicted molar refractivity (Wildman–Crippen MR) is 130 cm³/mol. The summed E-state index contributed by atoms with van der Waals surface area (Å²) in [6, 6.07) is 18.6. The van der Waals surface area contributed by atoms with E-state index < -0.39 is 35.4 Å². The number of rotatable bonds is 3. The van der Waals surface area contributed by atoms with Crippen molar-refractivity contribution >= 4 is 35.2 Å². The first-order valence-corrected chi connectivity index (χ1v) is 11.9. The fraction of sp³-hybridized carbons (Fsp3) is 0.222. The lowest BCUT2D eigenvalue weighted by atomic mass is 9.67. The van der Waals surface area contributed by atoms with Crippen LogP contribution < -0.4 is 4.90 Å². The van der Waals surface area contributed by atoms with Crippen molar-refractivity contribution in [3.8, 4) is 0 Å². The Morgan fingerprint density at radius 3 is 2.44 bits per heavy atom. The summed E-state index contributed by atoms with van der Waals surface area (Å²) < 4.78 is 21.1. The molecule has 7 nitrogen and oxygen atoms in total. The van der Waals surface area contributed by atoms with Crippen molar-refractivity contribution in [3.05, 3.63) is 100 Å². The van der Waals surface area contributed by atoms with Crippen LogP contribution >= 0.6 is 11.6 Å². The van der Waals surface area contributed by atoms with Crippen LogP contribution in [-0.4, -0.2) is 53.9 Å². The minimum Gasteiger partial charge on any atom is -0.447 e. The van der Waals surface area contributed by atoms with E-state index in [4.69, 9.17) is 16.3 Å². The van der Waals surface area contributed by atoms with Crippen LogP contribution in [0.5, 0.6) is 0 Å². The lowest BCUT2D eigenvalue weighted by molar-refractivity contribution is -0.171. The number of benzene rings is 3. The summed E-state index contributed by atoms with van der Waals surface area (Å²) in [7, 11) is 1.60. The van der Waals surface area contributed by atoms with Gasteiger partial charge in [0.05, 0.1) is 6.04 Å². The summed E-state index contributed by atoms with van der Waals surface area (Å²) in [5.74, 6) is -1.37. The summed E-state index contributed by atoms with van der Waals surface area (Å²) >= 11 is 6.43. The van der Waals surface area contributed by atoms with Crippen molar-refractivity contribution in [1.82, 2.24) is 9.80 Å². The van der Waals surface area contributed by atoms with Gasteiger partial charge in [-0.25, -0.2) is 9.18 Å². The van der Waals surface area contributed by atoms with E-state index >= 15 is 4.39 Å². The van der Waals surface area contributed by atoms with Crippen LogP contribution in [-0.2, 0) is 19.9 Å². The predicted octanol–water partition coefficient (Wildman–Crippen LogP) is 4.10. The number of β-lactam (4-membered cyclic amide) rings is 1. The Morgan fingerprint density at radius 2 is 1.69 bits per heavy atom. The molecule has 3 aliphatic heterocycles. The molecule has 0 spiro atoms. The Kier molecular flexibility index (Phi) is 5.05. The third-order valence-corrected chi connectivity index (χ3v) is 7.61. The Hall–Kier alpha value is -3.91. The highest BCUT2D eigenvalue weighted by atomic mass is 35.5. The number of amides is 3. The summed E-state index contributed by atoms with van der Waals surface area (Å²) in [5, 5.41) is 0.355. The number of likely N-dealkylation sites (N-methyl/N-ethyl adjacent to an activating group) is 1. The second-order valence-electron chi connectivity index (χ2n) is 9.10. The van der Waals surface area contributed by atoms with Crippen LogP contribution in [0.2, 0.25) is 5.02 Å². The maximum Gasteiger partial charge on any atom is 0.411 e. The third-order valence-electron chi connectivity index (χ3n) is 7.38. The number of halogens is 2. The number of fused-ring (bicyclic) bond motifs is 3. The molecule has 2 saturated heterocycles. The SMILES string of the molecule is CN1C(=O)CN2C(=O)[C@@H](N3C(=O)OC[C@@H]3c3ccccc3)[C@]2(c2ccccc2F)c2cc(Cl)ccc21. The molecule has 6 rings (SSSR count). The van der Waals surface area contributed by atoms with Crippen molar-refractivity contribution in [2.45, 2.75) is 17.6 Å². The quantitative estimate of drug-likeness (QED) is 0.502. The van der Waals surface area contributed by atoms with Crippen LogP contribution in [0, 0.1) is 5.82 Å². The molecular formula is C27H21ClFN3O4. The van der Waals surface area contributed by atoms with Gasteiger partial charge in [0.25, 0.3) is 0 Å². The van der Waals surface area contributed by atoms with Crippen LogP contribution in [0.1, 0.15) is 22.7 Å². The molecule has 0 unspecified atom stereocenters. The van der Waals surface area contributed by atoms with E-state index in [1.807, 2.05) is 30.3 Å². The molecular weight excluding hydrogens is 485 g/mol. The van der Waals surface area contributed by atoms with E-state index in [9.17, 15) is 14.4 Å². The van der Waals surface area contributed by atoms with Gasteiger partial charge >= 0.3 is 6.09 Å². The molecule has 3 heterocycles. The minimum absolute atomic E-state index is 0.0429. The van der Waals surface area contributed by atoms with Crippen LogP contribution in [0.25, 0.3) is 0 Å². The van der Waals surface area contributed by atoms with Gasteiger partial charge in [-0.05, 0) is 29.8 Å². The molecule has 0 N–H and O–H groups in total. The zero-order valence-electron chi connectivity index (χ0n) is 19.2. The molecule has 3 aliphatic rings. The first kappa shape index (κ1) is 22.5. The molecule has 3 atom stereocenters. The Bertz CT molecular complexity index is 1420. The van der Waals surface area contributed by atoms with Crippen molar-refractivity contribution in [2.24, 2.45) is 0 Å². The number of nitrogens with zero attached hydrogens (tertiary/aromatic N) is 3. The maximum atomic E-state index is 15.6. The highest BCUT2D eigenvalue weighted by molar-refractivity contribution is 6.30. The first-order chi connectivity index (χ1) is 17.4. The fourth-order valence-electron chi connectivity index (χ4n) is 5.74. The van der Waals surface area contributed by atoms with Gasteiger partial charge < -0.3 is 14.5 Å². The van der Waals surface area contributed by atoms with Gasteiger partial charge in [-0.15, -0.1) is 0 Å². The zero-order valence-corrected chi connectivity index (χ0v) is 20.0. The van der Waals surface area contributed by atoms with Gasteiger partial charge in [0.2, 0.25) is 11.8 Å². The maximum absolute atomic E-state index is 15.6. The lowest BCUT2D eigenvalue weighted by Gasteiger charge is -2.59. The van der Waals surface area contributed by atoms with Gasteiger partial charge in [-0.1, -0.05) is 60.1 Å². The van der Waals surface area contributed by atoms with E-state index in [1.165, 1.54) is 20.8 Å². The molecule has 182 valence electrons. The van der Waals surface area contributed by atoms with E-state index in [2.05, 4.69) is 0 Å². The van der Waals surface area contributed by atoms with Crippen molar-refractivity contribution in [2.75, 3.05) is 25.1 Å². The second-order valence-corrected chi connectivity index (χ2v) is 9.53. The monoisotopic (exact) mass is 505 g/mol. The van der Waals surface area contributed by atoms with E-state index in [0.29, 0.717) is 16.3 Å². The largest absolute Gasteiger partial charge is 0.447 e. The summed E-state index contributed by atoms with van der Waals surface area (Å²) in [6.07, 6.45) is -0.676.